The van der Waals surface area contributed by atoms with Crippen molar-refractivity contribution in [2.24, 2.45) is 5.92 Å². The molecule has 9 heteroatoms. The maximum Gasteiger partial charge on any atom is 0.391 e. The molecule has 2 heterocycles. The van der Waals surface area contributed by atoms with Gasteiger partial charge in [-0.3, -0.25) is 0 Å². The molecule has 0 atom stereocenters. The summed E-state index contributed by atoms with van der Waals surface area (Å²) in [7, 11) is 0. The predicted octanol–water partition coefficient (Wildman–Crippen LogP) is 3.07. The van der Waals surface area contributed by atoms with Crippen LogP contribution in [0, 0.1) is 5.92 Å². The van der Waals surface area contributed by atoms with E-state index in [4.69, 9.17) is 0 Å². The SMILES string of the molecule is O=C(Nc1ccc(-n2nccn2)cc1)N1CCC(C(F)(F)F)CC1. The second-order valence-electron chi connectivity index (χ2n) is 5.60. The summed E-state index contributed by atoms with van der Waals surface area (Å²) in [6.07, 6.45) is -1.18. The van der Waals surface area contributed by atoms with Crippen LogP contribution < -0.4 is 5.32 Å². The van der Waals surface area contributed by atoms with Crippen molar-refractivity contribution in [3.8, 4) is 5.69 Å². The van der Waals surface area contributed by atoms with Crippen molar-refractivity contribution in [2.45, 2.75) is 19.0 Å². The first-order valence-corrected chi connectivity index (χ1v) is 7.53. The van der Waals surface area contributed by atoms with E-state index in [0.717, 1.165) is 5.69 Å². The Kier molecular flexibility index (Phi) is 4.41. The number of hydrogen-bond acceptors (Lipinski definition) is 3. The van der Waals surface area contributed by atoms with E-state index in [-0.39, 0.29) is 32.0 Å². The van der Waals surface area contributed by atoms with Crippen molar-refractivity contribution in [1.29, 1.82) is 0 Å². The molecular formula is C15H16F3N5O. The van der Waals surface area contributed by atoms with Crippen LogP contribution in [-0.2, 0) is 0 Å². The molecule has 1 fully saturated rings. The predicted molar refractivity (Wildman–Crippen MR) is 80.7 cm³/mol. The number of carbonyl (C=O) groups excluding carboxylic acids is 1. The normalized spacial score (nSPS) is 16.2. The highest BCUT2D eigenvalue weighted by molar-refractivity contribution is 5.89. The number of anilines is 1. The van der Waals surface area contributed by atoms with Gasteiger partial charge in [0.1, 0.15) is 0 Å². The Morgan fingerprint density at radius 2 is 1.67 bits per heavy atom. The van der Waals surface area contributed by atoms with Crippen LogP contribution in [-0.4, -0.2) is 45.2 Å². The van der Waals surface area contributed by atoms with Crippen molar-refractivity contribution in [3.63, 3.8) is 0 Å². The van der Waals surface area contributed by atoms with E-state index in [9.17, 15) is 18.0 Å². The van der Waals surface area contributed by atoms with E-state index in [1.165, 1.54) is 9.70 Å². The Morgan fingerprint density at radius 1 is 1.08 bits per heavy atom. The number of benzene rings is 1. The molecule has 0 unspecified atom stereocenters. The largest absolute Gasteiger partial charge is 0.391 e. The number of nitrogens with one attached hydrogen (secondary N) is 1. The number of carbonyl (C=O) groups is 1. The molecule has 3 rings (SSSR count). The van der Waals surface area contributed by atoms with Crippen molar-refractivity contribution < 1.29 is 18.0 Å². The molecule has 0 saturated carbocycles. The topological polar surface area (TPSA) is 63.1 Å². The molecule has 24 heavy (non-hydrogen) atoms. The number of aromatic nitrogens is 3. The van der Waals surface area contributed by atoms with Gasteiger partial charge in [0.15, 0.2) is 0 Å². The van der Waals surface area contributed by atoms with E-state index in [1.54, 1.807) is 36.7 Å². The number of likely N-dealkylation sites (tertiary alicyclic amines) is 1. The lowest BCUT2D eigenvalue weighted by molar-refractivity contribution is -0.183. The van der Waals surface area contributed by atoms with Gasteiger partial charge in [-0.1, -0.05) is 0 Å². The van der Waals surface area contributed by atoms with Crippen LogP contribution in [0.3, 0.4) is 0 Å². The summed E-state index contributed by atoms with van der Waals surface area (Å²) in [5.74, 6) is -1.32. The Morgan fingerprint density at radius 3 is 2.21 bits per heavy atom. The molecule has 0 radical (unpaired) electrons. The summed E-state index contributed by atoms with van der Waals surface area (Å²) in [5.41, 5.74) is 1.30. The summed E-state index contributed by atoms with van der Waals surface area (Å²) < 4.78 is 37.9. The first kappa shape index (κ1) is 16.3. The van der Waals surface area contributed by atoms with Crippen LogP contribution in [0.2, 0.25) is 0 Å². The van der Waals surface area contributed by atoms with Gasteiger partial charge in [0.25, 0.3) is 0 Å². The Bertz CT molecular complexity index is 676. The Labute approximate surface area is 136 Å². The number of nitrogens with zero attached hydrogens (tertiary/aromatic N) is 4. The van der Waals surface area contributed by atoms with Gasteiger partial charge in [0.05, 0.1) is 24.0 Å². The van der Waals surface area contributed by atoms with Crippen LogP contribution in [0.5, 0.6) is 0 Å². The number of halogens is 3. The first-order valence-electron chi connectivity index (χ1n) is 7.53. The van der Waals surface area contributed by atoms with Crippen LogP contribution in [0.1, 0.15) is 12.8 Å². The molecule has 1 saturated heterocycles. The van der Waals surface area contributed by atoms with Gasteiger partial charge in [-0.25, -0.2) is 4.79 Å². The maximum absolute atomic E-state index is 12.6. The van der Waals surface area contributed by atoms with Gasteiger partial charge in [0, 0.05) is 18.8 Å². The van der Waals surface area contributed by atoms with Crippen LogP contribution in [0.15, 0.2) is 36.7 Å². The molecule has 2 aromatic rings. The quantitative estimate of drug-likeness (QED) is 0.915. The molecular weight excluding hydrogens is 323 g/mol. The number of rotatable bonds is 2. The summed E-state index contributed by atoms with van der Waals surface area (Å²) in [4.78, 5) is 15.0. The van der Waals surface area contributed by atoms with Gasteiger partial charge >= 0.3 is 12.2 Å². The molecule has 0 bridgehead atoms. The average Bonchev–Trinajstić information content (AvgIpc) is 3.09. The standard InChI is InChI=1S/C15H16F3N5O/c16-15(17,18)11-5-9-22(10-6-11)14(24)21-12-1-3-13(4-2-12)23-19-7-8-20-23/h1-4,7-8,11H,5-6,9-10H2,(H,21,24). The second-order valence-corrected chi connectivity index (χ2v) is 5.60. The third-order valence-corrected chi connectivity index (χ3v) is 4.01. The minimum Gasteiger partial charge on any atom is -0.325 e. The van der Waals surface area contributed by atoms with Gasteiger partial charge in [0.2, 0.25) is 0 Å². The highest BCUT2D eigenvalue weighted by Gasteiger charge is 2.41. The molecule has 2 amide bonds. The fraction of sp³-hybridized carbons (Fsp3) is 0.400. The van der Waals surface area contributed by atoms with E-state index >= 15 is 0 Å². The Balaban J connectivity index is 1.56. The van der Waals surface area contributed by atoms with E-state index < -0.39 is 12.1 Å². The summed E-state index contributed by atoms with van der Waals surface area (Å²) in [5, 5.41) is 10.7. The van der Waals surface area contributed by atoms with Crippen molar-refractivity contribution in [1.82, 2.24) is 19.9 Å². The highest BCUT2D eigenvalue weighted by atomic mass is 19.4. The van der Waals surface area contributed by atoms with Crippen molar-refractivity contribution in [2.75, 3.05) is 18.4 Å². The smallest absolute Gasteiger partial charge is 0.325 e. The number of piperidine rings is 1. The molecule has 1 aliphatic heterocycles. The molecule has 1 N–H and O–H groups in total. The average molecular weight is 339 g/mol. The third kappa shape index (κ3) is 3.66. The monoisotopic (exact) mass is 339 g/mol. The molecule has 0 spiro atoms. The fourth-order valence-corrected chi connectivity index (χ4v) is 2.64. The number of amides is 2. The lowest BCUT2D eigenvalue weighted by Gasteiger charge is -2.32. The van der Waals surface area contributed by atoms with Crippen molar-refractivity contribution >= 4 is 11.7 Å². The zero-order valence-corrected chi connectivity index (χ0v) is 12.7. The highest BCUT2D eigenvalue weighted by Crippen LogP contribution is 2.34. The minimum atomic E-state index is -4.18. The fourth-order valence-electron chi connectivity index (χ4n) is 2.64. The molecule has 1 aromatic carbocycles. The Hall–Kier alpha value is -2.58. The van der Waals surface area contributed by atoms with Gasteiger partial charge < -0.3 is 10.2 Å². The summed E-state index contributed by atoms with van der Waals surface area (Å²) >= 11 is 0. The van der Waals surface area contributed by atoms with Gasteiger partial charge in [-0.2, -0.15) is 28.2 Å². The van der Waals surface area contributed by atoms with Gasteiger partial charge in [-0.15, -0.1) is 0 Å². The number of hydrogen-bond donors (Lipinski definition) is 1. The third-order valence-electron chi connectivity index (χ3n) is 4.01. The zero-order valence-electron chi connectivity index (χ0n) is 12.7. The van der Waals surface area contributed by atoms with Crippen LogP contribution >= 0.6 is 0 Å². The van der Waals surface area contributed by atoms with E-state index in [2.05, 4.69) is 15.5 Å². The van der Waals surface area contributed by atoms with Crippen molar-refractivity contribution in [3.05, 3.63) is 36.7 Å². The zero-order chi connectivity index (χ0) is 17.2. The summed E-state index contributed by atoms with van der Waals surface area (Å²) in [6.45, 7) is 0.205. The van der Waals surface area contributed by atoms with Crippen LogP contribution in [0.25, 0.3) is 5.69 Å². The first-order chi connectivity index (χ1) is 11.4. The van der Waals surface area contributed by atoms with E-state index in [0.29, 0.717) is 5.69 Å². The molecule has 6 nitrogen and oxygen atoms in total. The molecule has 1 aromatic heterocycles. The molecule has 128 valence electrons. The number of alkyl halides is 3. The number of urea groups is 1. The van der Waals surface area contributed by atoms with E-state index in [1.807, 2.05) is 0 Å². The lowest BCUT2D eigenvalue weighted by Crippen LogP contribution is -2.43. The molecule has 0 aliphatic carbocycles. The second kappa shape index (κ2) is 6.50. The van der Waals surface area contributed by atoms with Crippen LogP contribution in [0.4, 0.5) is 23.7 Å². The van der Waals surface area contributed by atoms with Gasteiger partial charge in [-0.05, 0) is 37.1 Å². The summed E-state index contributed by atoms with van der Waals surface area (Å²) in [6, 6.07) is 6.48. The minimum absolute atomic E-state index is 0.0547. The maximum atomic E-state index is 12.6. The lowest BCUT2D eigenvalue weighted by atomic mass is 9.96. The molecule has 1 aliphatic rings.